The lowest BCUT2D eigenvalue weighted by Crippen LogP contribution is -2.51. The second-order valence-corrected chi connectivity index (χ2v) is 4.53. The summed E-state index contributed by atoms with van der Waals surface area (Å²) in [6, 6.07) is 8.73. The van der Waals surface area contributed by atoms with Crippen LogP contribution in [0.4, 0.5) is 5.69 Å². The van der Waals surface area contributed by atoms with Crippen molar-refractivity contribution < 1.29 is 4.79 Å². The SMILES string of the molecule is CC(=O)N1NC(c2ccc(N)cn2)=NN=C1c1ccccn1. The minimum absolute atomic E-state index is 0.243. The molecule has 2 aromatic heterocycles. The quantitative estimate of drug-likeness (QED) is 0.840. The van der Waals surface area contributed by atoms with Gasteiger partial charge in [-0.25, -0.2) is 0 Å². The number of amides is 1. The summed E-state index contributed by atoms with van der Waals surface area (Å²) in [5, 5.41) is 9.45. The van der Waals surface area contributed by atoms with Gasteiger partial charge < -0.3 is 5.73 Å². The molecule has 3 N–H and O–H groups in total. The molecule has 0 saturated carbocycles. The lowest BCUT2D eigenvalue weighted by molar-refractivity contribution is -0.126. The Kier molecular flexibility index (Phi) is 3.48. The Bertz CT molecular complexity index is 753. The fourth-order valence-corrected chi connectivity index (χ4v) is 1.87. The second kappa shape index (κ2) is 5.60. The van der Waals surface area contributed by atoms with E-state index >= 15 is 0 Å². The van der Waals surface area contributed by atoms with Crippen molar-refractivity contribution in [2.45, 2.75) is 6.92 Å². The van der Waals surface area contributed by atoms with Gasteiger partial charge in [0.2, 0.25) is 11.7 Å². The van der Waals surface area contributed by atoms with E-state index in [1.54, 1.807) is 30.5 Å². The standard InChI is InChI=1S/C14H13N7O/c1-9(22)21-14(12-4-2-3-7-16-12)19-18-13(20-21)11-6-5-10(15)8-17-11/h2-8H,15H2,1H3,(H,18,20). The van der Waals surface area contributed by atoms with Crippen molar-refractivity contribution in [3.63, 3.8) is 0 Å². The number of pyridine rings is 2. The van der Waals surface area contributed by atoms with E-state index < -0.39 is 0 Å². The molecule has 0 unspecified atom stereocenters. The number of amidine groups is 2. The van der Waals surface area contributed by atoms with Crippen LogP contribution in [0.25, 0.3) is 0 Å². The van der Waals surface area contributed by atoms with E-state index in [0.29, 0.717) is 28.7 Å². The third-order valence-electron chi connectivity index (χ3n) is 2.91. The molecule has 0 spiro atoms. The molecular formula is C14H13N7O. The molecule has 1 amide bonds. The number of hydrogen-bond acceptors (Lipinski definition) is 7. The Morgan fingerprint density at radius 1 is 1.14 bits per heavy atom. The highest BCUT2D eigenvalue weighted by Crippen LogP contribution is 2.09. The Balaban J connectivity index is 2.00. The van der Waals surface area contributed by atoms with Gasteiger partial charge in [0.05, 0.1) is 11.9 Å². The number of aromatic nitrogens is 2. The first-order valence-corrected chi connectivity index (χ1v) is 6.51. The average molecular weight is 295 g/mol. The number of hydrazine groups is 1. The highest BCUT2D eigenvalue weighted by atomic mass is 16.2. The van der Waals surface area contributed by atoms with Crippen molar-refractivity contribution in [3.05, 3.63) is 54.1 Å². The number of anilines is 1. The van der Waals surface area contributed by atoms with Crippen molar-refractivity contribution in [2.24, 2.45) is 10.2 Å². The minimum atomic E-state index is -0.243. The normalized spacial score (nSPS) is 14.0. The van der Waals surface area contributed by atoms with Crippen molar-refractivity contribution >= 4 is 23.3 Å². The Morgan fingerprint density at radius 2 is 2.00 bits per heavy atom. The molecule has 110 valence electrons. The number of nitrogens with one attached hydrogen (secondary N) is 1. The summed E-state index contributed by atoms with van der Waals surface area (Å²) in [5.74, 6) is 0.439. The minimum Gasteiger partial charge on any atom is -0.397 e. The van der Waals surface area contributed by atoms with E-state index in [4.69, 9.17) is 5.73 Å². The van der Waals surface area contributed by atoms with Gasteiger partial charge in [-0.3, -0.25) is 20.2 Å². The van der Waals surface area contributed by atoms with Crippen LogP contribution in [0, 0.1) is 0 Å². The number of rotatable bonds is 2. The third-order valence-corrected chi connectivity index (χ3v) is 2.91. The summed E-state index contributed by atoms with van der Waals surface area (Å²) in [4.78, 5) is 20.2. The monoisotopic (exact) mass is 295 g/mol. The van der Waals surface area contributed by atoms with E-state index in [9.17, 15) is 4.79 Å². The van der Waals surface area contributed by atoms with Crippen LogP contribution in [0.5, 0.6) is 0 Å². The van der Waals surface area contributed by atoms with E-state index in [-0.39, 0.29) is 5.91 Å². The number of nitrogens with zero attached hydrogens (tertiary/aromatic N) is 5. The van der Waals surface area contributed by atoms with Crippen molar-refractivity contribution in [2.75, 3.05) is 5.73 Å². The van der Waals surface area contributed by atoms with Gasteiger partial charge in [-0.2, -0.15) is 5.01 Å². The van der Waals surface area contributed by atoms with Crippen LogP contribution in [0.15, 0.2) is 52.9 Å². The molecule has 0 radical (unpaired) electrons. The van der Waals surface area contributed by atoms with E-state index in [2.05, 4.69) is 25.6 Å². The number of nitrogens with two attached hydrogens (primary N) is 1. The predicted molar refractivity (Wildman–Crippen MR) is 81.6 cm³/mol. The Labute approximate surface area is 126 Å². The zero-order valence-electron chi connectivity index (χ0n) is 11.8. The maximum Gasteiger partial charge on any atom is 0.244 e. The molecule has 1 aliphatic heterocycles. The van der Waals surface area contributed by atoms with Gasteiger partial charge in [-0.1, -0.05) is 6.07 Å². The topological polar surface area (TPSA) is 109 Å². The van der Waals surface area contributed by atoms with Crippen LogP contribution in [0.2, 0.25) is 0 Å². The molecule has 0 saturated heterocycles. The summed E-state index contributed by atoms with van der Waals surface area (Å²) in [6.45, 7) is 1.42. The largest absolute Gasteiger partial charge is 0.397 e. The summed E-state index contributed by atoms with van der Waals surface area (Å²) in [6.07, 6.45) is 3.13. The summed E-state index contributed by atoms with van der Waals surface area (Å²) in [7, 11) is 0. The van der Waals surface area contributed by atoms with Crippen molar-refractivity contribution in [3.8, 4) is 0 Å². The summed E-state index contributed by atoms with van der Waals surface area (Å²) in [5.41, 5.74) is 10.1. The molecule has 2 aromatic rings. The van der Waals surface area contributed by atoms with E-state index in [0.717, 1.165) is 0 Å². The van der Waals surface area contributed by atoms with E-state index in [1.165, 1.54) is 18.1 Å². The maximum absolute atomic E-state index is 11.9. The van der Waals surface area contributed by atoms with Gasteiger partial charge in [-0.15, -0.1) is 10.2 Å². The molecule has 0 bridgehead atoms. The number of hydrogen-bond donors (Lipinski definition) is 2. The van der Waals surface area contributed by atoms with Gasteiger partial charge in [0.25, 0.3) is 0 Å². The van der Waals surface area contributed by atoms with Crippen LogP contribution in [0.1, 0.15) is 18.3 Å². The van der Waals surface area contributed by atoms with Crippen molar-refractivity contribution in [1.82, 2.24) is 20.4 Å². The molecule has 8 nitrogen and oxygen atoms in total. The third kappa shape index (κ3) is 2.62. The van der Waals surface area contributed by atoms with Crippen molar-refractivity contribution in [1.29, 1.82) is 0 Å². The zero-order valence-corrected chi connectivity index (χ0v) is 11.8. The second-order valence-electron chi connectivity index (χ2n) is 4.53. The number of carbonyl (C=O) groups excluding carboxylic acids is 1. The molecule has 0 fully saturated rings. The predicted octanol–water partition coefficient (Wildman–Crippen LogP) is 0.534. The van der Waals surface area contributed by atoms with Gasteiger partial charge in [-0.05, 0) is 24.3 Å². The van der Waals surface area contributed by atoms with Gasteiger partial charge in [0, 0.05) is 13.1 Å². The highest BCUT2D eigenvalue weighted by Gasteiger charge is 2.25. The van der Waals surface area contributed by atoms with Gasteiger partial charge in [0.1, 0.15) is 11.4 Å². The first-order chi connectivity index (χ1) is 10.6. The lowest BCUT2D eigenvalue weighted by Gasteiger charge is -2.26. The summed E-state index contributed by atoms with van der Waals surface area (Å²) < 4.78 is 0. The lowest BCUT2D eigenvalue weighted by atomic mass is 10.3. The first-order valence-electron chi connectivity index (χ1n) is 6.51. The molecule has 0 aliphatic carbocycles. The van der Waals surface area contributed by atoms with Gasteiger partial charge >= 0.3 is 0 Å². The van der Waals surface area contributed by atoms with Crippen LogP contribution in [-0.4, -0.2) is 32.6 Å². The zero-order chi connectivity index (χ0) is 15.5. The van der Waals surface area contributed by atoms with Crippen LogP contribution in [0.3, 0.4) is 0 Å². The van der Waals surface area contributed by atoms with Crippen LogP contribution in [-0.2, 0) is 4.79 Å². The average Bonchev–Trinajstić information content (AvgIpc) is 2.56. The molecule has 3 rings (SSSR count). The molecule has 1 aliphatic rings. The van der Waals surface area contributed by atoms with Gasteiger partial charge in [0.15, 0.2) is 5.84 Å². The molecule has 0 aromatic carbocycles. The highest BCUT2D eigenvalue weighted by molar-refractivity contribution is 6.11. The fraction of sp³-hybridized carbons (Fsp3) is 0.0714. The first kappa shape index (κ1) is 13.7. The molecule has 3 heterocycles. The number of carbonyl (C=O) groups is 1. The number of nitrogen functional groups attached to an aromatic ring is 1. The Morgan fingerprint density at radius 3 is 2.64 bits per heavy atom. The maximum atomic E-state index is 11.9. The van der Waals surface area contributed by atoms with Crippen LogP contribution < -0.4 is 11.2 Å². The molecule has 8 heteroatoms. The molecule has 22 heavy (non-hydrogen) atoms. The van der Waals surface area contributed by atoms with E-state index in [1.807, 2.05) is 6.07 Å². The summed E-state index contributed by atoms with van der Waals surface area (Å²) >= 11 is 0. The fourth-order valence-electron chi connectivity index (χ4n) is 1.87. The Hall–Kier alpha value is -3.29. The molecule has 0 atom stereocenters. The smallest absolute Gasteiger partial charge is 0.244 e. The molecular weight excluding hydrogens is 282 g/mol. The van der Waals surface area contributed by atoms with Crippen LogP contribution >= 0.6 is 0 Å².